The normalized spacial score (nSPS) is 8.62. The summed E-state index contributed by atoms with van der Waals surface area (Å²) in [6.45, 7) is 5.20. The molecule has 0 atom stereocenters. The lowest BCUT2D eigenvalue weighted by Crippen LogP contribution is -2.00. The molecule has 0 aromatic carbocycles. The molecule has 0 unspecified atom stereocenters. The van der Waals surface area contributed by atoms with E-state index < -0.39 is 0 Å². The van der Waals surface area contributed by atoms with Crippen molar-refractivity contribution in [1.82, 2.24) is 4.98 Å². The van der Waals surface area contributed by atoms with Gasteiger partial charge >= 0.3 is 0 Å². The molecular formula is C10H18N2S. The summed E-state index contributed by atoms with van der Waals surface area (Å²) in [6.07, 6.45) is 6.46. The Bertz CT molecular complexity index is 226. The molecular weight excluding hydrogens is 180 g/mol. The van der Waals surface area contributed by atoms with Crippen molar-refractivity contribution < 1.29 is 0 Å². The van der Waals surface area contributed by atoms with E-state index in [2.05, 4.69) is 36.8 Å². The van der Waals surface area contributed by atoms with Crippen LogP contribution < -0.4 is 5.32 Å². The van der Waals surface area contributed by atoms with Gasteiger partial charge in [0.05, 0.1) is 0 Å². The average Bonchev–Trinajstić information content (AvgIpc) is 2.22. The van der Waals surface area contributed by atoms with E-state index in [-0.39, 0.29) is 0 Å². The highest BCUT2D eigenvalue weighted by Gasteiger charge is 1.96. The monoisotopic (exact) mass is 198 g/mol. The van der Waals surface area contributed by atoms with Crippen LogP contribution in [0, 0.1) is 0 Å². The molecule has 1 N–H and O–H groups in total. The summed E-state index contributed by atoms with van der Waals surface area (Å²) in [7, 11) is 0. The van der Waals surface area contributed by atoms with Gasteiger partial charge in [-0.3, -0.25) is 4.98 Å². The first kappa shape index (κ1) is 12.3. The van der Waals surface area contributed by atoms with E-state index in [9.17, 15) is 0 Å². The first-order valence-electron chi connectivity index (χ1n) is 4.50. The van der Waals surface area contributed by atoms with Crippen molar-refractivity contribution in [2.24, 2.45) is 0 Å². The molecule has 0 radical (unpaired) electrons. The van der Waals surface area contributed by atoms with Gasteiger partial charge < -0.3 is 5.32 Å². The highest BCUT2D eigenvalue weighted by molar-refractivity contribution is 7.79. The van der Waals surface area contributed by atoms with E-state index >= 15 is 0 Å². The summed E-state index contributed by atoms with van der Waals surface area (Å²) in [5, 5.41) is 3.29. The van der Waals surface area contributed by atoms with Crippen molar-refractivity contribution in [1.29, 1.82) is 0 Å². The van der Waals surface area contributed by atoms with Gasteiger partial charge in [-0.15, -0.1) is 0 Å². The third-order valence-corrected chi connectivity index (χ3v) is 1.65. The summed E-state index contributed by atoms with van der Waals surface area (Å²) in [6, 6.07) is 2.02. The predicted octanol–water partition coefficient (Wildman–Crippen LogP) is 2.62. The number of anilines is 1. The van der Waals surface area contributed by atoms with Gasteiger partial charge in [0.15, 0.2) is 0 Å². The molecule has 0 amide bonds. The van der Waals surface area contributed by atoms with E-state index in [0.717, 1.165) is 13.0 Å². The maximum atomic E-state index is 4.06. The zero-order valence-electron chi connectivity index (χ0n) is 8.54. The predicted molar refractivity (Wildman–Crippen MR) is 62.7 cm³/mol. The lowest BCUT2D eigenvalue weighted by Gasteiger charge is -2.06. The fourth-order valence-electron chi connectivity index (χ4n) is 1.07. The van der Waals surface area contributed by atoms with Gasteiger partial charge in [-0.2, -0.15) is 12.6 Å². The summed E-state index contributed by atoms with van der Waals surface area (Å²) >= 11 is 3.53. The largest absolute Gasteiger partial charge is 0.385 e. The van der Waals surface area contributed by atoms with E-state index in [1.165, 1.54) is 11.3 Å². The smallest absolute Gasteiger partial charge is 0.0403 e. The average molecular weight is 198 g/mol. The zero-order chi connectivity index (χ0) is 10.1. The number of thiol groups is 1. The van der Waals surface area contributed by atoms with Crippen molar-refractivity contribution >= 4 is 18.3 Å². The standard InChI is InChI=1S/C9H14N2.CH4S/c1-3-8-7-10-6-5-9(8)11-4-2;1-2/h5-7H,3-4H2,1-2H3,(H,10,11);2H,1H3. The Balaban J connectivity index is 0.000000671. The Hall–Kier alpha value is -0.700. The molecule has 0 spiro atoms. The third kappa shape index (κ3) is 4.18. The molecule has 0 saturated heterocycles. The number of nitrogens with zero attached hydrogens (tertiary/aromatic N) is 1. The van der Waals surface area contributed by atoms with E-state index in [0.29, 0.717) is 0 Å². The van der Waals surface area contributed by atoms with Crippen LogP contribution in [0.3, 0.4) is 0 Å². The van der Waals surface area contributed by atoms with E-state index in [1.54, 1.807) is 6.26 Å². The van der Waals surface area contributed by atoms with Crippen LogP contribution >= 0.6 is 12.6 Å². The summed E-state index contributed by atoms with van der Waals surface area (Å²) in [5.41, 5.74) is 2.50. The lowest BCUT2D eigenvalue weighted by atomic mass is 10.2. The molecule has 0 aliphatic rings. The molecule has 0 bridgehead atoms. The minimum atomic E-state index is 0.969. The molecule has 0 aliphatic heterocycles. The number of rotatable bonds is 3. The molecule has 74 valence electrons. The molecule has 0 saturated carbocycles. The molecule has 13 heavy (non-hydrogen) atoms. The highest BCUT2D eigenvalue weighted by Crippen LogP contribution is 2.12. The SMILES string of the molecule is CCNc1ccncc1CC.CS. The first-order valence-corrected chi connectivity index (χ1v) is 5.39. The van der Waals surface area contributed by atoms with Crippen LogP contribution in [0.5, 0.6) is 0 Å². The van der Waals surface area contributed by atoms with Crippen LogP contribution in [0.15, 0.2) is 18.5 Å². The second kappa shape index (κ2) is 7.92. The number of nitrogens with one attached hydrogen (secondary N) is 1. The van der Waals surface area contributed by atoms with Crippen molar-refractivity contribution in [2.45, 2.75) is 20.3 Å². The molecule has 0 fully saturated rings. The first-order chi connectivity index (χ1) is 6.38. The fraction of sp³-hybridized carbons (Fsp3) is 0.500. The second-order valence-electron chi connectivity index (χ2n) is 2.42. The van der Waals surface area contributed by atoms with Crippen LogP contribution in [0.4, 0.5) is 5.69 Å². The fourth-order valence-corrected chi connectivity index (χ4v) is 1.07. The Kier molecular flexibility index (Phi) is 7.50. The van der Waals surface area contributed by atoms with Crippen LogP contribution in [-0.2, 0) is 6.42 Å². The second-order valence-corrected chi connectivity index (χ2v) is 2.42. The van der Waals surface area contributed by atoms with Gasteiger partial charge in [0.1, 0.15) is 0 Å². The zero-order valence-corrected chi connectivity index (χ0v) is 9.44. The molecule has 1 heterocycles. The molecule has 0 aliphatic carbocycles. The number of pyridine rings is 1. The quantitative estimate of drug-likeness (QED) is 0.730. The van der Waals surface area contributed by atoms with Crippen molar-refractivity contribution in [3.8, 4) is 0 Å². The molecule has 3 heteroatoms. The number of hydrogen-bond acceptors (Lipinski definition) is 3. The number of aryl methyl sites for hydroxylation is 1. The Morgan fingerprint density at radius 3 is 2.62 bits per heavy atom. The van der Waals surface area contributed by atoms with Gasteiger partial charge in [-0.05, 0) is 31.2 Å². The van der Waals surface area contributed by atoms with Crippen LogP contribution in [0.25, 0.3) is 0 Å². The Labute approximate surface area is 86.2 Å². The maximum Gasteiger partial charge on any atom is 0.0403 e. The highest BCUT2D eigenvalue weighted by atomic mass is 32.1. The summed E-state index contributed by atoms with van der Waals surface area (Å²) < 4.78 is 0. The molecule has 1 rings (SSSR count). The Morgan fingerprint density at radius 2 is 2.08 bits per heavy atom. The van der Waals surface area contributed by atoms with Crippen LogP contribution in [-0.4, -0.2) is 17.8 Å². The summed E-state index contributed by atoms with van der Waals surface area (Å²) in [5.74, 6) is 0. The van der Waals surface area contributed by atoms with Crippen molar-refractivity contribution in [3.05, 3.63) is 24.0 Å². The maximum absolute atomic E-state index is 4.06. The van der Waals surface area contributed by atoms with Crippen LogP contribution in [0.1, 0.15) is 19.4 Å². The topological polar surface area (TPSA) is 24.9 Å². The van der Waals surface area contributed by atoms with Gasteiger partial charge in [-0.25, -0.2) is 0 Å². The van der Waals surface area contributed by atoms with Gasteiger partial charge in [0.2, 0.25) is 0 Å². The van der Waals surface area contributed by atoms with Crippen molar-refractivity contribution in [2.75, 3.05) is 18.1 Å². The number of aromatic nitrogens is 1. The molecule has 1 aromatic rings. The molecule has 2 nitrogen and oxygen atoms in total. The van der Waals surface area contributed by atoms with Gasteiger partial charge in [0, 0.05) is 24.6 Å². The van der Waals surface area contributed by atoms with E-state index in [4.69, 9.17) is 0 Å². The lowest BCUT2D eigenvalue weighted by molar-refractivity contribution is 1.08. The van der Waals surface area contributed by atoms with E-state index in [1.807, 2.05) is 18.5 Å². The van der Waals surface area contributed by atoms with Gasteiger partial charge in [0.25, 0.3) is 0 Å². The van der Waals surface area contributed by atoms with Gasteiger partial charge in [-0.1, -0.05) is 6.92 Å². The minimum absolute atomic E-state index is 0.969. The molecule has 1 aromatic heterocycles. The number of hydrogen-bond donors (Lipinski definition) is 2. The minimum Gasteiger partial charge on any atom is -0.385 e. The third-order valence-electron chi connectivity index (χ3n) is 1.65. The Morgan fingerprint density at radius 1 is 1.38 bits per heavy atom. The van der Waals surface area contributed by atoms with Crippen LogP contribution in [0.2, 0.25) is 0 Å². The van der Waals surface area contributed by atoms with Crippen molar-refractivity contribution in [3.63, 3.8) is 0 Å². The summed E-state index contributed by atoms with van der Waals surface area (Å²) in [4.78, 5) is 4.06.